The minimum Gasteiger partial charge on any atom is -0.352 e. The number of amides is 1. The second-order valence-corrected chi connectivity index (χ2v) is 5.75. The molecule has 0 aliphatic carbocycles. The lowest BCUT2D eigenvalue weighted by Crippen LogP contribution is -2.32. The molecule has 0 bridgehead atoms. The first-order valence-electron chi connectivity index (χ1n) is 7.79. The molecule has 4 heteroatoms. The van der Waals surface area contributed by atoms with Crippen LogP contribution < -0.4 is 5.32 Å². The normalized spacial score (nSPS) is 13.5. The monoisotopic (exact) mass is 303 g/mol. The van der Waals surface area contributed by atoms with Crippen LogP contribution in [0.1, 0.15) is 27.2 Å². The fourth-order valence-corrected chi connectivity index (χ4v) is 3.05. The number of carbonyl (C=O) groups excluding carboxylic acids is 1. The number of aromatic nitrogens is 2. The third-order valence-electron chi connectivity index (χ3n) is 4.17. The molecule has 3 aromatic rings. The van der Waals surface area contributed by atoms with E-state index in [1.54, 1.807) is 6.20 Å². The predicted octanol–water partition coefficient (Wildman–Crippen LogP) is 2.75. The summed E-state index contributed by atoms with van der Waals surface area (Å²) < 4.78 is 1.89. The van der Waals surface area contributed by atoms with Gasteiger partial charge in [0.15, 0.2) is 0 Å². The molecule has 0 fully saturated rings. The average Bonchev–Trinajstić information content (AvgIpc) is 3.02. The van der Waals surface area contributed by atoms with E-state index in [1.165, 1.54) is 11.1 Å². The van der Waals surface area contributed by atoms with E-state index in [0.29, 0.717) is 12.1 Å². The van der Waals surface area contributed by atoms with E-state index in [4.69, 9.17) is 0 Å². The van der Waals surface area contributed by atoms with Crippen LogP contribution in [-0.4, -0.2) is 22.2 Å². The molecule has 114 valence electrons. The quantitative estimate of drug-likeness (QED) is 0.809. The van der Waals surface area contributed by atoms with Crippen LogP contribution in [0.15, 0.2) is 60.8 Å². The Morgan fingerprint density at radius 2 is 1.87 bits per heavy atom. The summed E-state index contributed by atoms with van der Waals surface area (Å²) >= 11 is 0. The SMILES string of the molecule is O=C1NCCc2c1cnn2-c1cccc(Cc2ccccc2)c1. The molecule has 0 saturated heterocycles. The van der Waals surface area contributed by atoms with Gasteiger partial charge in [0.1, 0.15) is 0 Å². The first-order valence-corrected chi connectivity index (χ1v) is 7.79. The van der Waals surface area contributed by atoms with Crippen LogP contribution >= 0.6 is 0 Å². The molecule has 4 rings (SSSR count). The zero-order valence-corrected chi connectivity index (χ0v) is 12.7. The van der Waals surface area contributed by atoms with Crippen LogP contribution in [0.2, 0.25) is 0 Å². The molecule has 23 heavy (non-hydrogen) atoms. The minimum absolute atomic E-state index is 0.0297. The minimum atomic E-state index is -0.0297. The fourth-order valence-electron chi connectivity index (χ4n) is 3.05. The second kappa shape index (κ2) is 5.72. The molecule has 1 aliphatic rings. The third-order valence-corrected chi connectivity index (χ3v) is 4.17. The highest BCUT2D eigenvalue weighted by atomic mass is 16.1. The summed E-state index contributed by atoms with van der Waals surface area (Å²) in [6, 6.07) is 18.8. The Morgan fingerprint density at radius 1 is 1.04 bits per heavy atom. The topological polar surface area (TPSA) is 46.9 Å². The number of hydrogen-bond acceptors (Lipinski definition) is 2. The first kappa shape index (κ1) is 13.8. The summed E-state index contributed by atoms with van der Waals surface area (Å²) in [5.74, 6) is -0.0297. The molecule has 1 N–H and O–H groups in total. The van der Waals surface area contributed by atoms with Crippen molar-refractivity contribution in [2.45, 2.75) is 12.8 Å². The smallest absolute Gasteiger partial charge is 0.254 e. The number of rotatable bonds is 3. The second-order valence-electron chi connectivity index (χ2n) is 5.75. The van der Waals surface area contributed by atoms with Gasteiger partial charge in [0.25, 0.3) is 5.91 Å². The van der Waals surface area contributed by atoms with Crippen LogP contribution in [0, 0.1) is 0 Å². The first-order chi connectivity index (χ1) is 11.3. The van der Waals surface area contributed by atoms with Crippen molar-refractivity contribution < 1.29 is 4.79 Å². The van der Waals surface area contributed by atoms with E-state index in [0.717, 1.165) is 24.2 Å². The Kier molecular flexibility index (Phi) is 3.42. The maximum Gasteiger partial charge on any atom is 0.254 e. The molecule has 0 radical (unpaired) electrons. The molecule has 0 saturated carbocycles. The van der Waals surface area contributed by atoms with Crippen molar-refractivity contribution in [3.05, 3.63) is 83.2 Å². The standard InChI is InChI=1S/C19H17N3O/c23-19-17-13-21-22(18(17)9-10-20-19)16-8-4-7-15(12-16)11-14-5-2-1-3-6-14/h1-8,12-13H,9-11H2,(H,20,23). The van der Waals surface area contributed by atoms with E-state index in [1.807, 2.05) is 22.9 Å². The van der Waals surface area contributed by atoms with Gasteiger partial charge in [-0.25, -0.2) is 4.68 Å². The molecule has 2 heterocycles. The highest BCUT2D eigenvalue weighted by Crippen LogP contribution is 2.20. The molecule has 1 aromatic heterocycles. The van der Waals surface area contributed by atoms with E-state index in [9.17, 15) is 4.79 Å². The van der Waals surface area contributed by atoms with Gasteiger partial charge in [0, 0.05) is 13.0 Å². The molecule has 1 amide bonds. The Morgan fingerprint density at radius 3 is 2.74 bits per heavy atom. The Bertz CT molecular complexity index is 852. The molecular formula is C19H17N3O. The van der Waals surface area contributed by atoms with Crippen LogP contribution in [0.25, 0.3) is 5.69 Å². The Labute approximate surface area is 134 Å². The molecule has 2 aromatic carbocycles. The van der Waals surface area contributed by atoms with Crippen molar-refractivity contribution in [1.29, 1.82) is 0 Å². The lowest BCUT2D eigenvalue weighted by Gasteiger charge is -2.15. The highest BCUT2D eigenvalue weighted by molar-refractivity contribution is 5.96. The van der Waals surface area contributed by atoms with Crippen LogP contribution in [0.3, 0.4) is 0 Å². The van der Waals surface area contributed by atoms with Crippen molar-refractivity contribution in [3.8, 4) is 5.69 Å². The van der Waals surface area contributed by atoms with E-state index in [2.05, 4.69) is 46.8 Å². The Balaban J connectivity index is 1.68. The molecule has 0 spiro atoms. The summed E-state index contributed by atoms with van der Waals surface area (Å²) in [5, 5.41) is 7.28. The molecule has 0 unspecified atom stereocenters. The third kappa shape index (κ3) is 2.63. The number of fused-ring (bicyclic) bond motifs is 1. The largest absolute Gasteiger partial charge is 0.352 e. The Hall–Kier alpha value is -2.88. The molecular weight excluding hydrogens is 286 g/mol. The van der Waals surface area contributed by atoms with Gasteiger partial charge in [-0.3, -0.25) is 4.79 Å². The lowest BCUT2D eigenvalue weighted by atomic mass is 10.0. The number of hydrogen-bond donors (Lipinski definition) is 1. The van der Waals surface area contributed by atoms with Crippen molar-refractivity contribution in [1.82, 2.24) is 15.1 Å². The van der Waals surface area contributed by atoms with Gasteiger partial charge >= 0.3 is 0 Å². The maximum atomic E-state index is 11.9. The zero-order chi connectivity index (χ0) is 15.6. The van der Waals surface area contributed by atoms with Gasteiger partial charge in [0.2, 0.25) is 0 Å². The van der Waals surface area contributed by atoms with Crippen molar-refractivity contribution in [2.24, 2.45) is 0 Å². The van der Waals surface area contributed by atoms with Gasteiger partial charge in [-0.1, -0.05) is 42.5 Å². The van der Waals surface area contributed by atoms with E-state index in [-0.39, 0.29) is 5.91 Å². The zero-order valence-electron chi connectivity index (χ0n) is 12.7. The summed E-state index contributed by atoms with van der Waals surface area (Å²) in [6.07, 6.45) is 3.36. The highest BCUT2D eigenvalue weighted by Gasteiger charge is 2.22. The van der Waals surface area contributed by atoms with Gasteiger partial charge in [-0.05, 0) is 29.7 Å². The number of nitrogens with zero attached hydrogens (tertiary/aromatic N) is 2. The van der Waals surface area contributed by atoms with Crippen LogP contribution in [0.4, 0.5) is 0 Å². The van der Waals surface area contributed by atoms with Crippen molar-refractivity contribution in [3.63, 3.8) is 0 Å². The van der Waals surface area contributed by atoms with Crippen molar-refractivity contribution in [2.75, 3.05) is 6.54 Å². The van der Waals surface area contributed by atoms with Crippen molar-refractivity contribution >= 4 is 5.91 Å². The number of carbonyl (C=O) groups is 1. The summed E-state index contributed by atoms with van der Waals surface area (Å²) in [7, 11) is 0. The van der Waals surface area contributed by atoms with Crippen LogP contribution in [0.5, 0.6) is 0 Å². The summed E-state index contributed by atoms with van der Waals surface area (Å²) in [4.78, 5) is 11.9. The lowest BCUT2D eigenvalue weighted by molar-refractivity contribution is 0.0945. The van der Waals surface area contributed by atoms with Gasteiger partial charge in [-0.15, -0.1) is 0 Å². The van der Waals surface area contributed by atoms with Gasteiger partial charge in [0.05, 0.1) is 23.1 Å². The molecule has 0 atom stereocenters. The van der Waals surface area contributed by atoms with Gasteiger partial charge < -0.3 is 5.32 Å². The van der Waals surface area contributed by atoms with Crippen LogP contribution in [-0.2, 0) is 12.8 Å². The maximum absolute atomic E-state index is 11.9. The van der Waals surface area contributed by atoms with Gasteiger partial charge in [-0.2, -0.15) is 5.10 Å². The average molecular weight is 303 g/mol. The summed E-state index contributed by atoms with van der Waals surface area (Å²) in [5.41, 5.74) is 5.20. The van der Waals surface area contributed by atoms with E-state index < -0.39 is 0 Å². The molecule has 4 nitrogen and oxygen atoms in total. The number of benzene rings is 2. The molecule has 1 aliphatic heterocycles. The van der Waals surface area contributed by atoms with E-state index >= 15 is 0 Å². The fraction of sp³-hybridized carbons (Fsp3) is 0.158. The predicted molar refractivity (Wildman–Crippen MR) is 88.8 cm³/mol. The number of nitrogens with one attached hydrogen (secondary N) is 1. The summed E-state index contributed by atoms with van der Waals surface area (Å²) in [6.45, 7) is 0.668.